The minimum absolute atomic E-state index is 0.0393. The summed E-state index contributed by atoms with van der Waals surface area (Å²) in [6, 6.07) is 16.3. The van der Waals surface area contributed by atoms with Gasteiger partial charge in [0.05, 0.1) is 20.0 Å². The summed E-state index contributed by atoms with van der Waals surface area (Å²) in [5.41, 5.74) is 3.36. The van der Waals surface area contributed by atoms with Crippen molar-refractivity contribution in [3.8, 4) is 11.4 Å². The van der Waals surface area contributed by atoms with Crippen LogP contribution >= 0.6 is 0 Å². The fourth-order valence-electron chi connectivity index (χ4n) is 3.72. The van der Waals surface area contributed by atoms with Crippen molar-refractivity contribution in [2.24, 2.45) is 0 Å². The molecular formula is C22H24N4O2. The molecule has 1 aromatic heterocycles. The van der Waals surface area contributed by atoms with Gasteiger partial charge in [0.2, 0.25) is 5.91 Å². The van der Waals surface area contributed by atoms with Gasteiger partial charge in [-0.1, -0.05) is 24.3 Å². The maximum atomic E-state index is 12.6. The third-order valence-corrected chi connectivity index (χ3v) is 5.21. The summed E-state index contributed by atoms with van der Waals surface area (Å²) in [4.78, 5) is 20.8. The molecule has 6 nitrogen and oxygen atoms in total. The highest BCUT2D eigenvalue weighted by Gasteiger charge is 2.36. The van der Waals surface area contributed by atoms with Gasteiger partial charge in [-0.3, -0.25) is 9.69 Å². The van der Waals surface area contributed by atoms with Gasteiger partial charge >= 0.3 is 0 Å². The van der Waals surface area contributed by atoms with Crippen LogP contribution in [0.3, 0.4) is 0 Å². The van der Waals surface area contributed by atoms with Crippen LogP contribution in [0.4, 0.5) is 0 Å². The highest BCUT2D eigenvalue weighted by atomic mass is 16.5. The Labute approximate surface area is 165 Å². The van der Waals surface area contributed by atoms with E-state index in [9.17, 15) is 4.79 Å². The average molecular weight is 376 g/mol. The van der Waals surface area contributed by atoms with Crippen molar-refractivity contribution in [2.45, 2.75) is 12.6 Å². The topological polar surface area (TPSA) is 50.6 Å². The number of benzene rings is 2. The molecule has 0 saturated carbocycles. The molecule has 2 aromatic carbocycles. The highest BCUT2D eigenvalue weighted by Crippen LogP contribution is 2.30. The maximum absolute atomic E-state index is 12.6. The van der Waals surface area contributed by atoms with Gasteiger partial charge in [0.1, 0.15) is 11.9 Å². The number of aromatic nitrogens is 2. The third-order valence-electron chi connectivity index (χ3n) is 5.21. The normalized spacial score (nSPS) is 17.3. The molecule has 1 fully saturated rings. The Morgan fingerprint density at radius 1 is 1.11 bits per heavy atom. The lowest BCUT2D eigenvalue weighted by molar-refractivity contribution is -0.128. The van der Waals surface area contributed by atoms with E-state index in [1.54, 1.807) is 19.6 Å². The summed E-state index contributed by atoms with van der Waals surface area (Å²) in [7, 11) is 3.66. The summed E-state index contributed by atoms with van der Waals surface area (Å²) in [5, 5.41) is 0. The van der Waals surface area contributed by atoms with Gasteiger partial charge in [0.15, 0.2) is 0 Å². The van der Waals surface area contributed by atoms with Gasteiger partial charge in [0, 0.05) is 24.6 Å². The van der Waals surface area contributed by atoms with Gasteiger partial charge in [-0.15, -0.1) is 0 Å². The number of hydrogen-bond acceptors (Lipinski definition) is 4. The van der Waals surface area contributed by atoms with Gasteiger partial charge in [-0.2, -0.15) is 0 Å². The average Bonchev–Trinajstić information content (AvgIpc) is 3.35. The molecule has 0 radical (unpaired) electrons. The number of ether oxygens (including phenoxy) is 1. The molecule has 1 aliphatic rings. The Bertz CT molecular complexity index is 920. The first-order chi connectivity index (χ1) is 13.7. The van der Waals surface area contributed by atoms with Crippen molar-refractivity contribution in [3.63, 3.8) is 0 Å². The van der Waals surface area contributed by atoms with Crippen LogP contribution in [-0.4, -0.2) is 52.5 Å². The first-order valence-electron chi connectivity index (χ1n) is 9.36. The van der Waals surface area contributed by atoms with Crippen molar-refractivity contribution in [1.29, 1.82) is 0 Å². The lowest BCUT2D eigenvalue weighted by atomic mass is 10.1. The molecular weight excluding hydrogens is 352 g/mol. The van der Waals surface area contributed by atoms with Crippen LogP contribution in [0.15, 0.2) is 67.3 Å². The second kappa shape index (κ2) is 7.86. The van der Waals surface area contributed by atoms with Crippen LogP contribution < -0.4 is 4.74 Å². The molecule has 1 atom stereocenters. The van der Waals surface area contributed by atoms with Crippen molar-refractivity contribution in [2.75, 3.05) is 27.2 Å². The zero-order chi connectivity index (χ0) is 19.5. The summed E-state index contributed by atoms with van der Waals surface area (Å²) in [6.07, 6.45) is 6.23. The zero-order valence-corrected chi connectivity index (χ0v) is 16.2. The van der Waals surface area contributed by atoms with Crippen LogP contribution in [0.2, 0.25) is 0 Å². The number of carbonyl (C=O) groups is 1. The van der Waals surface area contributed by atoms with Crippen molar-refractivity contribution in [1.82, 2.24) is 19.4 Å². The number of imidazole rings is 1. The van der Waals surface area contributed by atoms with E-state index in [4.69, 9.17) is 4.74 Å². The second-order valence-electron chi connectivity index (χ2n) is 7.04. The smallest absolute Gasteiger partial charge is 0.238 e. The number of amides is 1. The van der Waals surface area contributed by atoms with E-state index < -0.39 is 0 Å². The lowest BCUT2D eigenvalue weighted by Gasteiger charge is -2.28. The number of nitrogens with zero attached hydrogens (tertiary/aromatic N) is 4. The van der Waals surface area contributed by atoms with Crippen molar-refractivity contribution >= 4 is 5.91 Å². The summed E-state index contributed by atoms with van der Waals surface area (Å²) < 4.78 is 7.18. The molecule has 3 aromatic rings. The SMILES string of the molecule is COc1ccc(CCN2C(=O)CN(C)C2c2ccc(-n3ccnc3)cc2)cc1. The molecule has 0 spiro atoms. The van der Waals surface area contributed by atoms with E-state index in [0.29, 0.717) is 13.1 Å². The minimum Gasteiger partial charge on any atom is -0.497 e. The van der Waals surface area contributed by atoms with Crippen molar-refractivity contribution in [3.05, 3.63) is 78.4 Å². The summed E-state index contributed by atoms with van der Waals surface area (Å²) in [6.45, 7) is 1.12. The van der Waals surface area contributed by atoms with E-state index in [1.165, 1.54) is 5.56 Å². The molecule has 28 heavy (non-hydrogen) atoms. The second-order valence-corrected chi connectivity index (χ2v) is 7.04. The Balaban J connectivity index is 1.50. The molecule has 0 aliphatic carbocycles. The van der Waals surface area contributed by atoms with Gasteiger partial charge in [0.25, 0.3) is 0 Å². The quantitative estimate of drug-likeness (QED) is 0.664. The molecule has 1 unspecified atom stereocenters. The summed E-state index contributed by atoms with van der Waals surface area (Å²) in [5.74, 6) is 1.01. The van der Waals surface area contributed by atoms with E-state index in [-0.39, 0.29) is 12.1 Å². The van der Waals surface area contributed by atoms with E-state index >= 15 is 0 Å². The number of carbonyl (C=O) groups excluding carboxylic acids is 1. The van der Waals surface area contributed by atoms with Crippen molar-refractivity contribution < 1.29 is 9.53 Å². The number of likely N-dealkylation sites (N-methyl/N-ethyl adjacent to an activating group) is 1. The number of hydrogen-bond donors (Lipinski definition) is 0. The molecule has 0 N–H and O–H groups in total. The van der Waals surface area contributed by atoms with Crippen LogP contribution in [-0.2, 0) is 11.2 Å². The van der Waals surface area contributed by atoms with Gasteiger partial charge in [-0.05, 0) is 48.9 Å². The van der Waals surface area contributed by atoms with E-state index in [2.05, 4.69) is 46.3 Å². The third kappa shape index (κ3) is 3.64. The van der Waals surface area contributed by atoms with E-state index in [1.807, 2.05) is 34.8 Å². The zero-order valence-electron chi connectivity index (χ0n) is 16.2. The first-order valence-corrected chi connectivity index (χ1v) is 9.36. The molecule has 1 saturated heterocycles. The monoisotopic (exact) mass is 376 g/mol. The highest BCUT2D eigenvalue weighted by molar-refractivity contribution is 5.81. The van der Waals surface area contributed by atoms with Crippen LogP contribution in [0.1, 0.15) is 17.3 Å². The molecule has 1 amide bonds. The molecule has 144 valence electrons. The molecule has 2 heterocycles. The fraction of sp³-hybridized carbons (Fsp3) is 0.273. The number of rotatable bonds is 6. The molecule has 0 bridgehead atoms. The van der Waals surface area contributed by atoms with Crippen LogP contribution in [0.5, 0.6) is 5.75 Å². The Kier molecular flexibility index (Phi) is 5.12. The number of methoxy groups -OCH3 is 1. The standard InChI is InChI=1S/C22H24N4O2/c1-24-15-21(27)26(13-11-17-3-9-20(28-2)10-4-17)22(24)18-5-7-19(8-6-18)25-14-12-23-16-25/h3-10,12,14,16,22H,11,13,15H2,1-2H3. The first kappa shape index (κ1) is 18.3. The molecule has 4 rings (SSSR count). The Morgan fingerprint density at radius 3 is 2.50 bits per heavy atom. The Hall–Kier alpha value is -3.12. The van der Waals surface area contributed by atoms with Gasteiger partial charge < -0.3 is 14.2 Å². The minimum atomic E-state index is -0.0393. The molecule has 1 aliphatic heterocycles. The van der Waals surface area contributed by atoms with Gasteiger partial charge in [-0.25, -0.2) is 4.98 Å². The largest absolute Gasteiger partial charge is 0.497 e. The van der Waals surface area contributed by atoms with Crippen LogP contribution in [0, 0.1) is 0 Å². The van der Waals surface area contributed by atoms with Crippen LogP contribution in [0.25, 0.3) is 5.69 Å². The Morgan fingerprint density at radius 2 is 1.86 bits per heavy atom. The predicted octanol–water partition coefficient (Wildman–Crippen LogP) is 2.90. The summed E-state index contributed by atoms with van der Waals surface area (Å²) >= 11 is 0. The molecule has 6 heteroatoms. The van der Waals surface area contributed by atoms with E-state index in [0.717, 1.165) is 23.4 Å². The fourth-order valence-corrected chi connectivity index (χ4v) is 3.72. The lowest BCUT2D eigenvalue weighted by Crippen LogP contribution is -2.32. The predicted molar refractivity (Wildman–Crippen MR) is 107 cm³/mol. The maximum Gasteiger partial charge on any atom is 0.238 e.